The molecule has 3 nitrogen and oxygen atoms in total. The van der Waals surface area contributed by atoms with Gasteiger partial charge >= 0.3 is 0 Å². The SMILES string of the molecule is C1#CCCCCCC1.C=CS(N)(=O)=O. The molecule has 0 aromatic heterocycles. The lowest BCUT2D eigenvalue weighted by Gasteiger charge is -1.97. The quantitative estimate of drug-likeness (QED) is 0.677. The minimum absolute atomic E-state index is 0.688. The first-order valence-electron chi connectivity index (χ1n) is 4.67. The van der Waals surface area contributed by atoms with E-state index in [4.69, 9.17) is 0 Å². The number of rotatable bonds is 1. The van der Waals surface area contributed by atoms with E-state index in [0.29, 0.717) is 5.41 Å². The maximum atomic E-state index is 9.66. The van der Waals surface area contributed by atoms with Crippen molar-refractivity contribution in [2.75, 3.05) is 0 Å². The van der Waals surface area contributed by atoms with Crippen molar-refractivity contribution in [1.82, 2.24) is 0 Å². The third-order valence-electron chi connectivity index (χ3n) is 1.71. The van der Waals surface area contributed by atoms with Crippen molar-refractivity contribution < 1.29 is 8.42 Å². The number of sulfonamides is 1. The van der Waals surface area contributed by atoms with Gasteiger partial charge in [0.1, 0.15) is 0 Å². The van der Waals surface area contributed by atoms with Crippen molar-refractivity contribution in [2.45, 2.75) is 38.5 Å². The van der Waals surface area contributed by atoms with E-state index in [9.17, 15) is 8.42 Å². The van der Waals surface area contributed by atoms with Crippen LogP contribution >= 0.6 is 0 Å². The highest BCUT2D eigenvalue weighted by molar-refractivity contribution is 7.92. The molecule has 1 rings (SSSR count). The second kappa shape index (κ2) is 7.60. The van der Waals surface area contributed by atoms with Crippen LogP contribution in [0.15, 0.2) is 12.0 Å². The Morgan fingerprint density at radius 3 is 1.71 bits per heavy atom. The molecule has 1 aliphatic carbocycles. The van der Waals surface area contributed by atoms with E-state index in [1.165, 1.54) is 25.7 Å². The molecule has 0 aliphatic heterocycles. The molecule has 14 heavy (non-hydrogen) atoms. The summed E-state index contributed by atoms with van der Waals surface area (Å²) < 4.78 is 19.3. The molecule has 0 aromatic carbocycles. The summed E-state index contributed by atoms with van der Waals surface area (Å²) in [6.45, 7) is 2.92. The van der Waals surface area contributed by atoms with E-state index in [1.807, 2.05) is 0 Å². The zero-order chi connectivity index (χ0) is 10.9. The van der Waals surface area contributed by atoms with Crippen LogP contribution in [0, 0.1) is 11.8 Å². The molecular formula is C10H17NO2S. The van der Waals surface area contributed by atoms with Crippen LogP contribution in [-0.4, -0.2) is 8.42 Å². The predicted molar refractivity (Wildman–Crippen MR) is 58.8 cm³/mol. The monoisotopic (exact) mass is 215 g/mol. The number of primary sulfonamides is 1. The van der Waals surface area contributed by atoms with Gasteiger partial charge in [0.25, 0.3) is 0 Å². The molecule has 4 heteroatoms. The van der Waals surface area contributed by atoms with Gasteiger partial charge in [-0.1, -0.05) is 19.4 Å². The summed E-state index contributed by atoms with van der Waals surface area (Å²) in [5.74, 6) is 6.27. The molecule has 0 fully saturated rings. The first-order chi connectivity index (χ1) is 6.56. The average Bonchev–Trinajstić information content (AvgIpc) is 2.02. The van der Waals surface area contributed by atoms with Gasteiger partial charge in [0.05, 0.1) is 0 Å². The molecular weight excluding hydrogens is 198 g/mol. The highest BCUT2D eigenvalue weighted by atomic mass is 32.2. The Labute approximate surface area is 86.4 Å². The van der Waals surface area contributed by atoms with Gasteiger partial charge in [-0.05, 0) is 12.8 Å². The van der Waals surface area contributed by atoms with Crippen LogP contribution in [0.3, 0.4) is 0 Å². The van der Waals surface area contributed by atoms with Crippen LogP contribution in [0.25, 0.3) is 0 Å². The van der Waals surface area contributed by atoms with E-state index in [2.05, 4.69) is 23.6 Å². The fourth-order valence-electron chi connectivity index (χ4n) is 0.957. The Morgan fingerprint density at radius 1 is 1.07 bits per heavy atom. The van der Waals surface area contributed by atoms with Gasteiger partial charge in [-0.25, -0.2) is 13.6 Å². The van der Waals surface area contributed by atoms with Crippen LogP contribution in [0.4, 0.5) is 0 Å². The molecule has 80 valence electrons. The second-order valence-electron chi connectivity index (χ2n) is 3.02. The molecule has 0 heterocycles. The summed E-state index contributed by atoms with van der Waals surface area (Å²) in [6, 6.07) is 0. The molecule has 0 unspecified atom stereocenters. The Bertz CT molecular complexity index is 285. The highest BCUT2D eigenvalue weighted by Gasteiger charge is 1.89. The summed E-state index contributed by atoms with van der Waals surface area (Å²) in [7, 11) is -3.40. The maximum Gasteiger partial charge on any atom is 0.230 e. The molecule has 0 aromatic rings. The third-order valence-corrected chi connectivity index (χ3v) is 2.18. The van der Waals surface area contributed by atoms with Crippen molar-refractivity contribution in [3.05, 3.63) is 12.0 Å². The van der Waals surface area contributed by atoms with Crippen LogP contribution in [0.1, 0.15) is 38.5 Å². The van der Waals surface area contributed by atoms with Gasteiger partial charge in [0.2, 0.25) is 10.0 Å². The van der Waals surface area contributed by atoms with Gasteiger partial charge in [-0.15, -0.1) is 11.8 Å². The van der Waals surface area contributed by atoms with E-state index < -0.39 is 10.0 Å². The Morgan fingerprint density at radius 2 is 1.43 bits per heavy atom. The number of hydrogen-bond acceptors (Lipinski definition) is 2. The maximum absolute atomic E-state index is 9.66. The lowest BCUT2D eigenvalue weighted by atomic mass is 10.1. The van der Waals surface area contributed by atoms with Crippen LogP contribution in [-0.2, 0) is 10.0 Å². The second-order valence-corrected chi connectivity index (χ2v) is 4.53. The minimum atomic E-state index is -3.40. The van der Waals surface area contributed by atoms with Crippen molar-refractivity contribution in [2.24, 2.45) is 5.14 Å². The molecule has 0 atom stereocenters. The summed E-state index contributed by atoms with van der Waals surface area (Å²) in [6.07, 6.45) is 7.73. The number of hydrogen-bond donors (Lipinski definition) is 1. The summed E-state index contributed by atoms with van der Waals surface area (Å²) >= 11 is 0. The van der Waals surface area contributed by atoms with Gasteiger partial charge in [-0.3, -0.25) is 0 Å². The van der Waals surface area contributed by atoms with Crippen LogP contribution in [0.5, 0.6) is 0 Å². The van der Waals surface area contributed by atoms with Crippen LogP contribution < -0.4 is 5.14 Å². The fraction of sp³-hybridized carbons (Fsp3) is 0.600. The normalized spacial score (nSPS) is 16.1. The topological polar surface area (TPSA) is 60.2 Å². The largest absolute Gasteiger partial charge is 0.230 e. The highest BCUT2D eigenvalue weighted by Crippen LogP contribution is 2.06. The molecule has 0 spiro atoms. The van der Waals surface area contributed by atoms with Gasteiger partial charge in [-0.2, -0.15) is 0 Å². The molecule has 1 aliphatic rings. The lowest BCUT2D eigenvalue weighted by molar-refractivity contribution is 0.606. The standard InChI is InChI=1S/C8H12.C2H5NO2S/c1-2-4-6-8-7-5-3-1;1-2-6(3,4)5/h1-6H2;2H,1H2,(H2,3,4,5). The zero-order valence-electron chi connectivity index (χ0n) is 8.33. The first kappa shape index (κ1) is 13.2. The van der Waals surface area contributed by atoms with E-state index in [1.54, 1.807) is 0 Å². The Balaban J connectivity index is 0.000000255. The van der Waals surface area contributed by atoms with Gasteiger partial charge in [0.15, 0.2) is 0 Å². The zero-order valence-corrected chi connectivity index (χ0v) is 9.15. The molecule has 0 saturated carbocycles. The molecule has 0 bridgehead atoms. The van der Waals surface area contributed by atoms with Crippen LogP contribution in [0.2, 0.25) is 0 Å². The van der Waals surface area contributed by atoms with Gasteiger partial charge < -0.3 is 0 Å². The lowest BCUT2D eigenvalue weighted by Crippen LogP contribution is -2.05. The summed E-state index contributed by atoms with van der Waals surface area (Å²) in [5.41, 5.74) is 0. The Hall–Kier alpha value is -0.790. The smallest absolute Gasteiger partial charge is 0.225 e. The third kappa shape index (κ3) is 11.2. The first-order valence-corrected chi connectivity index (χ1v) is 6.28. The van der Waals surface area contributed by atoms with Crippen molar-refractivity contribution in [3.8, 4) is 11.8 Å². The molecule has 0 radical (unpaired) electrons. The van der Waals surface area contributed by atoms with E-state index in [0.717, 1.165) is 12.8 Å². The van der Waals surface area contributed by atoms with E-state index in [-0.39, 0.29) is 0 Å². The van der Waals surface area contributed by atoms with Gasteiger partial charge in [0, 0.05) is 18.2 Å². The molecule has 2 N–H and O–H groups in total. The molecule has 0 amide bonds. The average molecular weight is 215 g/mol. The van der Waals surface area contributed by atoms with Crippen molar-refractivity contribution in [3.63, 3.8) is 0 Å². The van der Waals surface area contributed by atoms with Crippen molar-refractivity contribution in [1.29, 1.82) is 0 Å². The minimum Gasteiger partial charge on any atom is -0.225 e. The number of nitrogens with two attached hydrogens (primary N) is 1. The predicted octanol–water partition coefficient (Wildman–Crippen LogP) is 1.76. The Kier molecular flexibility index (Phi) is 7.17. The fourth-order valence-corrected chi connectivity index (χ4v) is 0.957. The molecule has 0 saturated heterocycles. The summed E-state index contributed by atoms with van der Waals surface area (Å²) in [5, 5.41) is 5.08. The van der Waals surface area contributed by atoms with E-state index >= 15 is 0 Å². The van der Waals surface area contributed by atoms with Crippen molar-refractivity contribution >= 4 is 10.0 Å². The summed E-state index contributed by atoms with van der Waals surface area (Å²) in [4.78, 5) is 0.